The summed E-state index contributed by atoms with van der Waals surface area (Å²) >= 11 is 0. The standard InChI is InChI=1S/C10H21NO/c1-3-8(4-2)5-9-6-11-7-10(9)12/h8-12H,3-7H2,1-2H3. The molecule has 1 aliphatic heterocycles. The third kappa shape index (κ3) is 2.46. The van der Waals surface area contributed by atoms with Gasteiger partial charge in [0.1, 0.15) is 0 Å². The second-order valence-electron chi connectivity index (χ2n) is 3.90. The van der Waals surface area contributed by atoms with E-state index in [0.29, 0.717) is 5.92 Å². The first-order valence-electron chi connectivity index (χ1n) is 5.16. The molecule has 0 bridgehead atoms. The van der Waals surface area contributed by atoms with Crippen LogP contribution in [0.4, 0.5) is 0 Å². The Morgan fingerprint density at radius 3 is 2.42 bits per heavy atom. The number of rotatable bonds is 4. The van der Waals surface area contributed by atoms with Gasteiger partial charge in [-0.15, -0.1) is 0 Å². The zero-order valence-electron chi connectivity index (χ0n) is 8.21. The summed E-state index contributed by atoms with van der Waals surface area (Å²) < 4.78 is 0. The van der Waals surface area contributed by atoms with E-state index in [9.17, 15) is 5.11 Å². The largest absolute Gasteiger partial charge is 0.391 e. The molecule has 1 aliphatic rings. The highest BCUT2D eigenvalue weighted by atomic mass is 16.3. The summed E-state index contributed by atoms with van der Waals surface area (Å²) in [7, 11) is 0. The van der Waals surface area contributed by atoms with Crippen LogP contribution in [0.15, 0.2) is 0 Å². The molecule has 0 amide bonds. The molecule has 0 saturated carbocycles. The van der Waals surface area contributed by atoms with Crippen LogP contribution in [0.3, 0.4) is 0 Å². The lowest BCUT2D eigenvalue weighted by Gasteiger charge is -2.19. The number of hydrogen-bond acceptors (Lipinski definition) is 2. The molecule has 72 valence electrons. The molecule has 0 aromatic rings. The van der Waals surface area contributed by atoms with Crippen molar-refractivity contribution in [1.82, 2.24) is 5.32 Å². The molecule has 2 N–H and O–H groups in total. The molecule has 1 saturated heterocycles. The van der Waals surface area contributed by atoms with E-state index in [1.165, 1.54) is 19.3 Å². The van der Waals surface area contributed by atoms with Crippen LogP contribution < -0.4 is 5.32 Å². The Morgan fingerprint density at radius 2 is 2.00 bits per heavy atom. The topological polar surface area (TPSA) is 32.3 Å². The average molecular weight is 171 g/mol. The molecule has 1 fully saturated rings. The molecule has 0 spiro atoms. The quantitative estimate of drug-likeness (QED) is 0.670. The minimum Gasteiger partial charge on any atom is -0.391 e. The molecular weight excluding hydrogens is 150 g/mol. The average Bonchev–Trinajstić information content (AvgIpc) is 2.47. The lowest BCUT2D eigenvalue weighted by atomic mass is 9.89. The Kier molecular flexibility index (Phi) is 4.02. The van der Waals surface area contributed by atoms with Gasteiger partial charge in [-0.25, -0.2) is 0 Å². The van der Waals surface area contributed by atoms with Gasteiger partial charge in [0.05, 0.1) is 6.10 Å². The Balaban J connectivity index is 2.28. The third-order valence-electron chi connectivity index (χ3n) is 3.09. The van der Waals surface area contributed by atoms with Crippen LogP contribution in [0.2, 0.25) is 0 Å². The SMILES string of the molecule is CCC(CC)CC1CNCC1O. The lowest BCUT2D eigenvalue weighted by Crippen LogP contribution is -2.20. The van der Waals surface area contributed by atoms with Crippen molar-refractivity contribution in [3.8, 4) is 0 Å². The van der Waals surface area contributed by atoms with Gasteiger partial charge in [0.15, 0.2) is 0 Å². The summed E-state index contributed by atoms with van der Waals surface area (Å²) in [6.07, 6.45) is 3.60. The number of β-amino-alcohol motifs (C(OH)–C–C–N with tert-alkyl or cyclic N) is 1. The number of nitrogens with one attached hydrogen (secondary N) is 1. The Bertz CT molecular complexity index is 123. The summed E-state index contributed by atoms with van der Waals surface area (Å²) in [6, 6.07) is 0. The monoisotopic (exact) mass is 171 g/mol. The van der Waals surface area contributed by atoms with Gasteiger partial charge in [0.25, 0.3) is 0 Å². The molecule has 1 heterocycles. The van der Waals surface area contributed by atoms with Crippen LogP contribution in [-0.2, 0) is 0 Å². The van der Waals surface area contributed by atoms with Crippen molar-refractivity contribution < 1.29 is 5.11 Å². The van der Waals surface area contributed by atoms with Crippen molar-refractivity contribution >= 4 is 0 Å². The molecule has 1 rings (SSSR count). The smallest absolute Gasteiger partial charge is 0.0704 e. The zero-order valence-corrected chi connectivity index (χ0v) is 8.21. The van der Waals surface area contributed by atoms with Crippen molar-refractivity contribution in [3.05, 3.63) is 0 Å². The third-order valence-corrected chi connectivity index (χ3v) is 3.09. The van der Waals surface area contributed by atoms with Crippen LogP contribution in [-0.4, -0.2) is 24.3 Å². The first-order chi connectivity index (χ1) is 5.77. The second kappa shape index (κ2) is 4.83. The van der Waals surface area contributed by atoms with E-state index < -0.39 is 0 Å². The molecule has 0 aromatic carbocycles. The molecule has 12 heavy (non-hydrogen) atoms. The van der Waals surface area contributed by atoms with E-state index in [1.807, 2.05) is 0 Å². The lowest BCUT2D eigenvalue weighted by molar-refractivity contribution is 0.131. The minimum atomic E-state index is -0.0920. The van der Waals surface area contributed by atoms with Gasteiger partial charge in [-0.1, -0.05) is 26.7 Å². The van der Waals surface area contributed by atoms with Gasteiger partial charge in [0, 0.05) is 13.1 Å². The van der Waals surface area contributed by atoms with E-state index >= 15 is 0 Å². The first kappa shape index (κ1) is 10.0. The fourth-order valence-corrected chi connectivity index (χ4v) is 2.01. The molecular formula is C10H21NO. The maximum absolute atomic E-state index is 9.57. The van der Waals surface area contributed by atoms with Crippen molar-refractivity contribution in [2.75, 3.05) is 13.1 Å². The molecule has 0 radical (unpaired) electrons. The van der Waals surface area contributed by atoms with E-state index in [-0.39, 0.29) is 6.10 Å². The van der Waals surface area contributed by atoms with Crippen molar-refractivity contribution in [2.45, 2.75) is 39.2 Å². The fourth-order valence-electron chi connectivity index (χ4n) is 2.01. The molecule has 2 unspecified atom stereocenters. The number of aliphatic hydroxyl groups is 1. The Morgan fingerprint density at radius 1 is 1.33 bits per heavy atom. The van der Waals surface area contributed by atoms with E-state index in [1.54, 1.807) is 0 Å². The Hall–Kier alpha value is -0.0800. The van der Waals surface area contributed by atoms with Crippen LogP contribution in [0.25, 0.3) is 0 Å². The maximum Gasteiger partial charge on any atom is 0.0704 e. The van der Waals surface area contributed by atoms with Gasteiger partial charge in [-0.2, -0.15) is 0 Å². The fraction of sp³-hybridized carbons (Fsp3) is 1.00. The van der Waals surface area contributed by atoms with Gasteiger partial charge in [-0.3, -0.25) is 0 Å². The van der Waals surface area contributed by atoms with Gasteiger partial charge in [-0.05, 0) is 18.3 Å². The zero-order chi connectivity index (χ0) is 8.97. The highest BCUT2D eigenvalue weighted by Gasteiger charge is 2.26. The van der Waals surface area contributed by atoms with E-state index in [2.05, 4.69) is 19.2 Å². The van der Waals surface area contributed by atoms with Gasteiger partial charge < -0.3 is 10.4 Å². The number of hydrogen-bond donors (Lipinski definition) is 2. The highest BCUT2D eigenvalue weighted by Crippen LogP contribution is 2.23. The Labute approximate surface area is 75.4 Å². The molecule has 2 atom stereocenters. The summed E-state index contributed by atoms with van der Waals surface area (Å²) in [4.78, 5) is 0. The number of aliphatic hydroxyl groups excluding tert-OH is 1. The van der Waals surface area contributed by atoms with Crippen LogP contribution in [0.1, 0.15) is 33.1 Å². The normalized spacial score (nSPS) is 30.0. The van der Waals surface area contributed by atoms with Gasteiger partial charge >= 0.3 is 0 Å². The summed E-state index contributed by atoms with van der Waals surface area (Å²) in [5.41, 5.74) is 0. The maximum atomic E-state index is 9.57. The first-order valence-corrected chi connectivity index (χ1v) is 5.16. The van der Waals surface area contributed by atoms with Crippen molar-refractivity contribution in [3.63, 3.8) is 0 Å². The van der Waals surface area contributed by atoms with Crippen molar-refractivity contribution in [2.24, 2.45) is 11.8 Å². The minimum absolute atomic E-state index is 0.0920. The predicted octanol–water partition coefficient (Wildman–Crippen LogP) is 1.39. The molecule has 2 heteroatoms. The summed E-state index contributed by atoms with van der Waals surface area (Å²) in [5.74, 6) is 1.32. The van der Waals surface area contributed by atoms with Crippen molar-refractivity contribution in [1.29, 1.82) is 0 Å². The van der Waals surface area contributed by atoms with E-state index in [0.717, 1.165) is 19.0 Å². The second-order valence-corrected chi connectivity index (χ2v) is 3.90. The highest BCUT2D eigenvalue weighted by molar-refractivity contribution is 4.81. The van der Waals surface area contributed by atoms with E-state index in [4.69, 9.17) is 0 Å². The summed E-state index contributed by atoms with van der Waals surface area (Å²) in [6.45, 7) is 6.29. The molecule has 0 aromatic heterocycles. The van der Waals surface area contributed by atoms with Crippen LogP contribution >= 0.6 is 0 Å². The predicted molar refractivity (Wildman–Crippen MR) is 51.1 cm³/mol. The van der Waals surface area contributed by atoms with Gasteiger partial charge in [0.2, 0.25) is 0 Å². The van der Waals surface area contributed by atoms with Crippen LogP contribution in [0, 0.1) is 11.8 Å². The summed E-state index contributed by atoms with van der Waals surface area (Å²) in [5, 5.41) is 12.8. The molecule has 2 nitrogen and oxygen atoms in total. The van der Waals surface area contributed by atoms with Crippen LogP contribution in [0.5, 0.6) is 0 Å². The molecule has 0 aliphatic carbocycles.